The predicted octanol–water partition coefficient (Wildman–Crippen LogP) is 0.433. The molecule has 5 heteroatoms. The van der Waals surface area contributed by atoms with Crippen LogP contribution in [0.3, 0.4) is 0 Å². The SMILES string of the molecule is N#Cc1nc(C2(CN)COC2)n2ccccc12. The molecule has 0 spiro atoms. The van der Waals surface area contributed by atoms with E-state index < -0.39 is 0 Å². The van der Waals surface area contributed by atoms with Gasteiger partial charge in [-0.15, -0.1) is 0 Å². The molecule has 1 aliphatic rings. The molecule has 2 aromatic heterocycles. The summed E-state index contributed by atoms with van der Waals surface area (Å²) in [5.41, 5.74) is 6.86. The number of imidazole rings is 1. The first-order valence-corrected chi connectivity index (χ1v) is 5.46. The number of pyridine rings is 1. The van der Waals surface area contributed by atoms with Crippen LogP contribution >= 0.6 is 0 Å². The molecule has 2 N–H and O–H groups in total. The van der Waals surface area contributed by atoms with Gasteiger partial charge in [-0.25, -0.2) is 4.98 Å². The molecular formula is C12H12N4O. The number of hydrogen-bond acceptors (Lipinski definition) is 4. The third-order valence-electron chi connectivity index (χ3n) is 3.28. The first kappa shape index (κ1) is 10.3. The molecule has 3 heterocycles. The van der Waals surface area contributed by atoms with Gasteiger partial charge in [0.2, 0.25) is 0 Å². The lowest BCUT2D eigenvalue weighted by atomic mass is 9.85. The highest BCUT2D eigenvalue weighted by atomic mass is 16.5. The fourth-order valence-corrected chi connectivity index (χ4v) is 2.18. The van der Waals surface area contributed by atoms with Gasteiger partial charge in [0.05, 0.1) is 24.1 Å². The molecule has 0 bridgehead atoms. The van der Waals surface area contributed by atoms with Crippen LogP contribution in [-0.4, -0.2) is 29.1 Å². The molecule has 0 radical (unpaired) electrons. The zero-order valence-electron chi connectivity index (χ0n) is 9.26. The normalized spacial score (nSPS) is 17.6. The van der Waals surface area contributed by atoms with E-state index >= 15 is 0 Å². The number of nitrogens with two attached hydrogens (primary N) is 1. The molecule has 0 aliphatic carbocycles. The van der Waals surface area contributed by atoms with Gasteiger partial charge in [-0.3, -0.25) is 0 Å². The van der Waals surface area contributed by atoms with Crippen LogP contribution in [0.5, 0.6) is 0 Å². The van der Waals surface area contributed by atoms with Crippen molar-refractivity contribution in [3.63, 3.8) is 0 Å². The topological polar surface area (TPSA) is 76.3 Å². The Morgan fingerprint density at radius 2 is 2.35 bits per heavy atom. The summed E-state index contributed by atoms with van der Waals surface area (Å²) in [5, 5.41) is 9.09. The quantitative estimate of drug-likeness (QED) is 0.808. The van der Waals surface area contributed by atoms with E-state index in [1.807, 2.05) is 28.8 Å². The second-order valence-electron chi connectivity index (χ2n) is 4.33. The average Bonchev–Trinajstić information content (AvgIpc) is 2.68. The van der Waals surface area contributed by atoms with E-state index in [1.54, 1.807) is 0 Å². The van der Waals surface area contributed by atoms with Crippen molar-refractivity contribution in [2.24, 2.45) is 5.73 Å². The van der Waals surface area contributed by atoms with E-state index in [1.165, 1.54) is 0 Å². The number of fused-ring (bicyclic) bond motifs is 1. The summed E-state index contributed by atoms with van der Waals surface area (Å²) in [7, 11) is 0. The van der Waals surface area contributed by atoms with Gasteiger partial charge in [0.1, 0.15) is 11.9 Å². The van der Waals surface area contributed by atoms with E-state index in [0.29, 0.717) is 25.5 Å². The fraction of sp³-hybridized carbons (Fsp3) is 0.333. The van der Waals surface area contributed by atoms with E-state index in [-0.39, 0.29) is 5.41 Å². The Balaban J connectivity index is 2.27. The van der Waals surface area contributed by atoms with E-state index in [0.717, 1.165) is 11.3 Å². The molecule has 1 fully saturated rings. The van der Waals surface area contributed by atoms with Crippen molar-refractivity contribution in [1.29, 1.82) is 5.26 Å². The van der Waals surface area contributed by atoms with Crippen LogP contribution in [-0.2, 0) is 10.2 Å². The average molecular weight is 228 g/mol. The number of hydrogen-bond donors (Lipinski definition) is 1. The smallest absolute Gasteiger partial charge is 0.166 e. The molecule has 86 valence electrons. The van der Waals surface area contributed by atoms with Gasteiger partial charge in [0.25, 0.3) is 0 Å². The van der Waals surface area contributed by atoms with Crippen LogP contribution < -0.4 is 5.73 Å². The molecule has 2 aromatic rings. The number of aromatic nitrogens is 2. The van der Waals surface area contributed by atoms with Gasteiger partial charge in [0.15, 0.2) is 5.69 Å². The largest absolute Gasteiger partial charge is 0.379 e. The van der Waals surface area contributed by atoms with Crippen molar-refractivity contribution in [2.75, 3.05) is 19.8 Å². The molecule has 0 aromatic carbocycles. The summed E-state index contributed by atoms with van der Waals surface area (Å²) in [6.45, 7) is 1.62. The molecule has 0 unspecified atom stereocenters. The van der Waals surface area contributed by atoms with Crippen LogP contribution in [0.4, 0.5) is 0 Å². The minimum Gasteiger partial charge on any atom is -0.379 e. The molecular weight excluding hydrogens is 216 g/mol. The highest BCUT2D eigenvalue weighted by Gasteiger charge is 2.43. The van der Waals surface area contributed by atoms with Gasteiger partial charge in [-0.1, -0.05) is 6.07 Å². The summed E-state index contributed by atoms with van der Waals surface area (Å²) in [4.78, 5) is 4.41. The van der Waals surface area contributed by atoms with E-state index in [4.69, 9.17) is 15.7 Å². The van der Waals surface area contributed by atoms with Crippen molar-refractivity contribution in [2.45, 2.75) is 5.41 Å². The van der Waals surface area contributed by atoms with Crippen molar-refractivity contribution in [1.82, 2.24) is 9.38 Å². The summed E-state index contributed by atoms with van der Waals surface area (Å²) in [5.74, 6) is 0.832. The Morgan fingerprint density at radius 3 is 2.94 bits per heavy atom. The molecule has 17 heavy (non-hydrogen) atoms. The highest BCUT2D eigenvalue weighted by molar-refractivity contribution is 5.59. The van der Waals surface area contributed by atoms with Crippen molar-refractivity contribution in [3.05, 3.63) is 35.9 Å². The predicted molar refractivity (Wildman–Crippen MR) is 61.5 cm³/mol. The van der Waals surface area contributed by atoms with Gasteiger partial charge < -0.3 is 14.9 Å². The minimum absolute atomic E-state index is 0.237. The molecule has 0 saturated carbocycles. The van der Waals surface area contributed by atoms with Crippen molar-refractivity contribution >= 4 is 5.52 Å². The van der Waals surface area contributed by atoms with Crippen molar-refractivity contribution < 1.29 is 4.74 Å². The zero-order chi connectivity index (χ0) is 11.9. The second-order valence-corrected chi connectivity index (χ2v) is 4.33. The molecule has 0 amide bonds. The second kappa shape index (κ2) is 3.55. The lowest BCUT2D eigenvalue weighted by Gasteiger charge is -2.39. The summed E-state index contributed by atoms with van der Waals surface area (Å²) in [6, 6.07) is 7.83. The zero-order valence-corrected chi connectivity index (χ0v) is 9.26. The van der Waals surface area contributed by atoms with E-state index in [2.05, 4.69) is 11.1 Å². The maximum Gasteiger partial charge on any atom is 0.166 e. The molecule has 1 saturated heterocycles. The monoisotopic (exact) mass is 228 g/mol. The van der Waals surface area contributed by atoms with Crippen molar-refractivity contribution in [3.8, 4) is 6.07 Å². The maximum atomic E-state index is 9.09. The number of ether oxygens (including phenoxy) is 1. The highest BCUT2D eigenvalue weighted by Crippen LogP contribution is 2.31. The van der Waals surface area contributed by atoms with Crippen LogP contribution in [0.2, 0.25) is 0 Å². The van der Waals surface area contributed by atoms with Crippen LogP contribution in [0.1, 0.15) is 11.5 Å². The maximum absolute atomic E-state index is 9.09. The molecule has 0 atom stereocenters. The Kier molecular flexibility index (Phi) is 2.15. The fourth-order valence-electron chi connectivity index (χ4n) is 2.18. The lowest BCUT2D eigenvalue weighted by Crippen LogP contribution is -2.53. The molecule has 3 rings (SSSR count). The minimum atomic E-state index is -0.237. The first-order valence-electron chi connectivity index (χ1n) is 5.46. The van der Waals surface area contributed by atoms with Crippen LogP contribution in [0.15, 0.2) is 24.4 Å². The Morgan fingerprint density at radius 1 is 1.53 bits per heavy atom. The molecule has 5 nitrogen and oxygen atoms in total. The third-order valence-corrected chi connectivity index (χ3v) is 3.28. The van der Waals surface area contributed by atoms with Gasteiger partial charge in [-0.2, -0.15) is 5.26 Å². The van der Waals surface area contributed by atoms with Crippen LogP contribution in [0.25, 0.3) is 5.52 Å². The lowest BCUT2D eigenvalue weighted by molar-refractivity contribution is -0.0596. The van der Waals surface area contributed by atoms with Gasteiger partial charge in [0, 0.05) is 12.7 Å². The Hall–Kier alpha value is -1.90. The van der Waals surface area contributed by atoms with E-state index in [9.17, 15) is 0 Å². The Bertz CT molecular complexity index is 601. The number of rotatable bonds is 2. The van der Waals surface area contributed by atoms with Gasteiger partial charge in [-0.05, 0) is 12.1 Å². The van der Waals surface area contributed by atoms with Gasteiger partial charge >= 0.3 is 0 Å². The first-order chi connectivity index (χ1) is 8.30. The standard InChI is InChI=1S/C12H12N4O/c13-5-9-10-3-1-2-4-16(10)11(15-9)12(6-14)7-17-8-12/h1-4H,6-8,14H2. The molecule has 1 aliphatic heterocycles. The number of nitrogens with zero attached hydrogens (tertiary/aromatic N) is 3. The summed E-state index contributed by atoms with van der Waals surface area (Å²) < 4.78 is 7.20. The summed E-state index contributed by atoms with van der Waals surface area (Å²) >= 11 is 0. The third kappa shape index (κ3) is 1.28. The van der Waals surface area contributed by atoms with Crippen LogP contribution in [0, 0.1) is 11.3 Å². The Labute approximate surface area is 98.4 Å². The number of nitriles is 1. The summed E-state index contributed by atoms with van der Waals surface area (Å²) in [6.07, 6.45) is 1.91.